The summed E-state index contributed by atoms with van der Waals surface area (Å²) >= 11 is 0. The first-order valence-corrected chi connectivity index (χ1v) is 18.4. The van der Waals surface area contributed by atoms with Gasteiger partial charge in [0.15, 0.2) is 24.6 Å². The Bertz CT molecular complexity index is 1250. The molecule has 0 bridgehead atoms. The van der Waals surface area contributed by atoms with E-state index in [4.69, 9.17) is 37.9 Å². The van der Waals surface area contributed by atoms with Crippen LogP contribution in [0.1, 0.15) is 69.2 Å². The SMILES string of the molecule is CC(=O)OC[C@H]1O[C@@H](OCCN2CCNCCN(CC(=O)OC(C)(C)C)CCN(CC(=O)OC(C)(C)C)CC2)[C@H](OC(C)=O)[C@@H](OC(C)=O)[C@@H]1OC(C)=O. The molecule has 2 rings (SSSR count). The molecule has 0 aromatic heterocycles. The molecule has 0 spiro atoms. The van der Waals surface area contributed by atoms with Crippen LogP contribution in [0.2, 0.25) is 0 Å². The maximum atomic E-state index is 12.9. The summed E-state index contributed by atoms with van der Waals surface area (Å²) in [6.07, 6.45) is -6.37. The van der Waals surface area contributed by atoms with Crippen LogP contribution in [0.3, 0.4) is 0 Å². The van der Waals surface area contributed by atoms with Crippen molar-refractivity contribution >= 4 is 35.8 Å². The summed E-state index contributed by atoms with van der Waals surface area (Å²) in [7, 11) is 0. The Labute approximate surface area is 318 Å². The quantitative estimate of drug-likeness (QED) is 0.198. The highest BCUT2D eigenvalue weighted by Gasteiger charge is 2.52. The summed E-state index contributed by atoms with van der Waals surface area (Å²) in [6.45, 7) is 20.2. The molecule has 310 valence electrons. The molecule has 0 aliphatic carbocycles. The van der Waals surface area contributed by atoms with Crippen LogP contribution in [-0.4, -0.2) is 178 Å². The Hall–Kier alpha value is -3.42. The van der Waals surface area contributed by atoms with Crippen LogP contribution >= 0.6 is 0 Å². The molecule has 2 aliphatic rings. The number of hydrogen-bond acceptors (Lipinski definition) is 18. The molecule has 0 amide bonds. The van der Waals surface area contributed by atoms with Gasteiger partial charge in [0.05, 0.1) is 19.7 Å². The van der Waals surface area contributed by atoms with Gasteiger partial charge in [-0.15, -0.1) is 0 Å². The van der Waals surface area contributed by atoms with Gasteiger partial charge in [-0.1, -0.05) is 0 Å². The first-order valence-electron chi connectivity index (χ1n) is 18.4. The maximum Gasteiger partial charge on any atom is 0.320 e. The minimum Gasteiger partial charge on any atom is -0.463 e. The smallest absolute Gasteiger partial charge is 0.320 e. The van der Waals surface area contributed by atoms with Crippen molar-refractivity contribution in [1.82, 2.24) is 20.0 Å². The van der Waals surface area contributed by atoms with E-state index in [0.717, 1.165) is 20.8 Å². The minimum atomic E-state index is -1.34. The fourth-order valence-electron chi connectivity index (χ4n) is 5.77. The van der Waals surface area contributed by atoms with Crippen molar-refractivity contribution in [2.45, 2.75) is 111 Å². The maximum absolute atomic E-state index is 12.9. The zero-order valence-corrected chi connectivity index (χ0v) is 33.6. The Morgan fingerprint density at radius 2 is 1.06 bits per heavy atom. The van der Waals surface area contributed by atoms with E-state index >= 15 is 0 Å². The number of nitrogens with one attached hydrogen (secondary N) is 1. The molecule has 0 unspecified atom stereocenters. The van der Waals surface area contributed by atoms with Crippen LogP contribution in [0.5, 0.6) is 0 Å². The summed E-state index contributed by atoms with van der Waals surface area (Å²) in [4.78, 5) is 79.8. The van der Waals surface area contributed by atoms with Crippen molar-refractivity contribution in [1.29, 1.82) is 0 Å². The van der Waals surface area contributed by atoms with E-state index in [1.54, 1.807) is 0 Å². The Morgan fingerprint density at radius 3 is 1.54 bits per heavy atom. The Morgan fingerprint density at radius 1 is 0.611 bits per heavy atom. The average molecular weight is 775 g/mol. The zero-order valence-electron chi connectivity index (χ0n) is 33.6. The molecule has 0 saturated carbocycles. The van der Waals surface area contributed by atoms with E-state index in [-0.39, 0.29) is 38.2 Å². The second-order valence-electron chi connectivity index (χ2n) is 15.3. The largest absolute Gasteiger partial charge is 0.463 e. The normalized spacial score (nSPS) is 24.2. The van der Waals surface area contributed by atoms with Crippen molar-refractivity contribution in [3.05, 3.63) is 0 Å². The number of carbonyl (C=O) groups is 6. The second-order valence-corrected chi connectivity index (χ2v) is 15.3. The van der Waals surface area contributed by atoms with E-state index in [2.05, 4.69) is 10.2 Å². The number of rotatable bonds is 13. The fraction of sp³-hybridized carbons (Fsp3) is 0.833. The molecular formula is C36H62N4O14. The number of nitrogens with zero attached hydrogens (tertiary/aromatic N) is 3. The van der Waals surface area contributed by atoms with Gasteiger partial charge in [-0.05, 0) is 41.5 Å². The van der Waals surface area contributed by atoms with Crippen molar-refractivity contribution in [3.63, 3.8) is 0 Å². The van der Waals surface area contributed by atoms with Crippen LogP contribution in [0, 0.1) is 0 Å². The highest BCUT2D eigenvalue weighted by Crippen LogP contribution is 2.30. The van der Waals surface area contributed by atoms with Gasteiger partial charge in [-0.25, -0.2) is 0 Å². The van der Waals surface area contributed by atoms with E-state index in [9.17, 15) is 28.8 Å². The van der Waals surface area contributed by atoms with E-state index < -0.39 is 65.8 Å². The lowest BCUT2D eigenvalue weighted by Gasteiger charge is -2.44. The monoisotopic (exact) mass is 774 g/mol. The van der Waals surface area contributed by atoms with Gasteiger partial charge < -0.3 is 43.2 Å². The van der Waals surface area contributed by atoms with Crippen LogP contribution in [0.25, 0.3) is 0 Å². The number of ether oxygens (including phenoxy) is 8. The van der Waals surface area contributed by atoms with Gasteiger partial charge in [0.25, 0.3) is 0 Å². The first kappa shape index (κ1) is 46.7. The summed E-state index contributed by atoms with van der Waals surface area (Å²) in [6, 6.07) is 0. The van der Waals surface area contributed by atoms with Gasteiger partial charge in [-0.2, -0.15) is 0 Å². The Kier molecular flexibility index (Phi) is 19.2. The third-order valence-electron chi connectivity index (χ3n) is 7.86. The number of carbonyl (C=O) groups excluding carboxylic acids is 6. The molecule has 5 atom stereocenters. The van der Waals surface area contributed by atoms with Gasteiger partial charge >= 0.3 is 35.8 Å². The summed E-state index contributed by atoms with van der Waals surface area (Å²) in [5, 5.41) is 3.42. The zero-order chi connectivity index (χ0) is 40.6. The van der Waals surface area contributed by atoms with Gasteiger partial charge in [-0.3, -0.25) is 43.5 Å². The molecule has 0 aromatic carbocycles. The van der Waals surface area contributed by atoms with Crippen molar-refractivity contribution in [2.24, 2.45) is 0 Å². The highest BCUT2D eigenvalue weighted by molar-refractivity contribution is 5.72. The van der Waals surface area contributed by atoms with E-state index in [1.165, 1.54) is 6.92 Å². The van der Waals surface area contributed by atoms with Crippen LogP contribution in [0.4, 0.5) is 0 Å². The molecule has 18 nitrogen and oxygen atoms in total. The van der Waals surface area contributed by atoms with Crippen molar-refractivity contribution in [2.75, 3.05) is 85.2 Å². The standard InChI is InChI=1S/C36H62N4O14/c1-24(41)48-23-28-31(49-25(2)42)32(50-26(3)43)33(51-27(4)44)34(52-28)47-20-19-38-13-11-37-12-14-39(21-29(45)53-35(5,6)7)17-18-40(16-15-38)22-30(46)54-36(8,9)10/h28,31-34,37H,11-23H2,1-10H3/t28-,31-,32+,33-,34-/m1/s1. The molecule has 54 heavy (non-hydrogen) atoms. The molecule has 2 heterocycles. The van der Waals surface area contributed by atoms with Crippen LogP contribution in [0.15, 0.2) is 0 Å². The molecule has 18 heteroatoms. The molecule has 0 radical (unpaired) electrons. The van der Waals surface area contributed by atoms with Gasteiger partial charge in [0.1, 0.15) is 23.9 Å². The van der Waals surface area contributed by atoms with Crippen molar-refractivity contribution in [3.8, 4) is 0 Å². The van der Waals surface area contributed by atoms with Gasteiger partial charge in [0.2, 0.25) is 0 Å². The van der Waals surface area contributed by atoms with Crippen LogP contribution in [-0.2, 0) is 66.7 Å². The third kappa shape index (κ3) is 19.3. The molecule has 2 saturated heterocycles. The summed E-state index contributed by atoms with van der Waals surface area (Å²) in [5.41, 5.74) is -1.26. The van der Waals surface area contributed by atoms with E-state index in [1.807, 2.05) is 51.3 Å². The molecular weight excluding hydrogens is 712 g/mol. The number of hydrogen-bond donors (Lipinski definition) is 1. The second kappa shape index (κ2) is 22.2. The average Bonchev–Trinajstić information content (AvgIpc) is 2.99. The van der Waals surface area contributed by atoms with Crippen molar-refractivity contribution < 1.29 is 66.7 Å². The molecule has 2 fully saturated rings. The molecule has 1 N–H and O–H groups in total. The topological polar surface area (TPSA) is 198 Å². The Balaban J connectivity index is 2.23. The lowest BCUT2D eigenvalue weighted by atomic mass is 9.98. The molecule has 0 aromatic rings. The first-order chi connectivity index (χ1) is 25.1. The summed E-state index contributed by atoms with van der Waals surface area (Å²) in [5.74, 6) is -3.50. The van der Waals surface area contributed by atoms with Gasteiger partial charge in [0, 0.05) is 86.6 Å². The minimum absolute atomic E-state index is 0.0465. The highest BCUT2D eigenvalue weighted by atomic mass is 16.7. The molecule has 2 aliphatic heterocycles. The van der Waals surface area contributed by atoms with E-state index in [0.29, 0.717) is 58.9 Å². The van der Waals surface area contributed by atoms with Crippen LogP contribution < -0.4 is 5.32 Å². The predicted molar refractivity (Wildman–Crippen MR) is 192 cm³/mol. The fourth-order valence-corrected chi connectivity index (χ4v) is 5.77. The lowest BCUT2D eigenvalue weighted by molar-refractivity contribution is -0.308. The predicted octanol–water partition coefficient (Wildman–Crippen LogP) is 0.279. The summed E-state index contributed by atoms with van der Waals surface area (Å²) < 4.78 is 44.9. The number of esters is 6. The lowest BCUT2D eigenvalue weighted by Crippen LogP contribution is -2.63. The third-order valence-corrected chi connectivity index (χ3v) is 7.86.